The molecule has 4 rings (SSSR count). The van der Waals surface area contributed by atoms with Crippen molar-refractivity contribution in [3.8, 4) is 22.8 Å². The van der Waals surface area contributed by atoms with E-state index in [0.29, 0.717) is 5.92 Å². The highest BCUT2D eigenvalue weighted by atomic mass is 16.5. The van der Waals surface area contributed by atoms with Crippen molar-refractivity contribution in [3.05, 3.63) is 35.5 Å². The van der Waals surface area contributed by atoms with E-state index in [4.69, 9.17) is 9.47 Å². The van der Waals surface area contributed by atoms with Crippen molar-refractivity contribution in [2.45, 2.75) is 32.1 Å². The Hall–Kier alpha value is -2.60. The van der Waals surface area contributed by atoms with Crippen LogP contribution in [0, 0.1) is 0 Å². The van der Waals surface area contributed by atoms with Crippen molar-refractivity contribution < 1.29 is 9.47 Å². The Morgan fingerprint density at radius 1 is 1.04 bits per heavy atom. The molecular formula is C21H26N4O2. The number of aromatic nitrogens is 3. The van der Waals surface area contributed by atoms with Gasteiger partial charge in [0.25, 0.3) is 0 Å². The van der Waals surface area contributed by atoms with E-state index in [1.54, 1.807) is 14.2 Å². The summed E-state index contributed by atoms with van der Waals surface area (Å²) in [6.45, 7) is 4.28. The first-order valence-electron chi connectivity index (χ1n) is 9.56. The summed E-state index contributed by atoms with van der Waals surface area (Å²) < 4.78 is 10.8. The number of aryl methyl sites for hydroxylation is 1. The zero-order valence-corrected chi connectivity index (χ0v) is 16.1. The van der Waals surface area contributed by atoms with Gasteiger partial charge in [0.1, 0.15) is 0 Å². The van der Waals surface area contributed by atoms with Gasteiger partial charge < -0.3 is 19.8 Å². The molecule has 142 valence electrons. The second kappa shape index (κ2) is 7.56. The Kier molecular flexibility index (Phi) is 4.99. The summed E-state index contributed by atoms with van der Waals surface area (Å²) >= 11 is 0. The standard InChI is InChI=1S/C21H26N4O2/c1-4-15-16-12-17(13-7-9-22-10-8-13)24-25-21(16)23-20(15)14-5-6-18(26-2)19(11-14)27-3/h5-6,11-13,22H,4,7-10H2,1-3H3,(H,23,25). The van der Waals surface area contributed by atoms with E-state index < -0.39 is 0 Å². The normalized spacial score (nSPS) is 15.2. The number of nitrogens with zero attached hydrogens (tertiary/aromatic N) is 2. The number of fused-ring (bicyclic) bond motifs is 1. The largest absolute Gasteiger partial charge is 0.493 e. The minimum absolute atomic E-state index is 0.493. The lowest BCUT2D eigenvalue weighted by molar-refractivity contribution is 0.355. The summed E-state index contributed by atoms with van der Waals surface area (Å²) in [6, 6.07) is 8.22. The number of hydrogen-bond donors (Lipinski definition) is 2. The molecule has 0 bridgehead atoms. The Labute approximate surface area is 159 Å². The molecule has 1 fully saturated rings. The Morgan fingerprint density at radius 2 is 1.81 bits per heavy atom. The number of benzene rings is 1. The minimum atomic E-state index is 0.493. The molecule has 1 aromatic carbocycles. The second-order valence-corrected chi connectivity index (χ2v) is 6.96. The average Bonchev–Trinajstić information content (AvgIpc) is 3.11. The van der Waals surface area contributed by atoms with E-state index in [-0.39, 0.29) is 0 Å². The molecule has 1 aliphatic rings. The van der Waals surface area contributed by atoms with Crippen molar-refractivity contribution in [2.24, 2.45) is 0 Å². The van der Waals surface area contributed by atoms with E-state index in [9.17, 15) is 0 Å². The zero-order chi connectivity index (χ0) is 18.8. The number of piperidine rings is 1. The van der Waals surface area contributed by atoms with Crippen molar-refractivity contribution in [3.63, 3.8) is 0 Å². The topological polar surface area (TPSA) is 72.1 Å². The van der Waals surface area contributed by atoms with Crippen LogP contribution in [0.3, 0.4) is 0 Å². The van der Waals surface area contributed by atoms with Crippen molar-refractivity contribution in [1.29, 1.82) is 0 Å². The van der Waals surface area contributed by atoms with Gasteiger partial charge in [-0.2, -0.15) is 5.10 Å². The van der Waals surface area contributed by atoms with Gasteiger partial charge in [0.15, 0.2) is 17.1 Å². The number of hydrogen-bond acceptors (Lipinski definition) is 5. The minimum Gasteiger partial charge on any atom is -0.493 e. The van der Waals surface area contributed by atoms with Crippen LogP contribution in [0.1, 0.15) is 36.9 Å². The lowest BCUT2D eigenvalue weighted by Crippen LogP contribution is -2.27. The van der Waals surface area contributed by atoms with Crippen LogP contribution in [0.4, 0.5) is 0 Å². The summed E-state index contributed by atoms with van der Waals surface area (Å²) in [5, 5.41) is 13.6. The number of nitrogens with one attached hydrogen (secondary N) is 2. The highest BCUT2D eigenvalue weighted by Crippen LogP contribution is 2.36. The molecule has 0 spiro atoms. The van der Waals surface area contributed by atoms with E-state index >= 15 is 0 Å². The molecule has 1 saturated heterocycles. The first kappa shape index (κ1) is 17.8. The molecule has 0 saturated carbocycles. The first-order valence-corrected chi connectivity index (χ1v) is 9.56. The predicted molar refractivity (Wildman–Crippen MR) is 107 cm³/mol. The maximum absolute atomic E-state index is 5.47. The second-order valence-electron chi connectivity index (χ2n) is 6.96. The maximum Gasteiger partial charge on any atom is 0.161 e. The fraction of sp³-hybridized carbons (Fsp3) is 0.429. The Morgan fingerprint density at radius 3 is 2.52 bits per heavy atom. The van der Waals surface area contributed by atoms with Gasteiger partial charge in [-0.15, -0.1) is 5.10 Å². The quantitative estimate of drug-likeness (QED) is 0.721. The van der Waals surface area contributed by atoms with Gasteiger partial charge in [0.2, 0.25) is 0 Å². The molecule has 6 heteroatoms. The van der Waals surface area contributed by atoms with Gasteiger partial charge in [-0.25, -0.2) is 0 Å². The molecule has 27 heavy (non-hydrogen) atoms. The smallest absolute Gasteiger partial charge is 0.161 e. The van der Waals surface area contributed by atoms with Crippen LogP contribution in [0.25, 0.3) is 22.3 Å². The van der Waals surface area contributed by atoms with E-state index in [2.05, 4.69) is 33.5 Å². The van der Waals surface area contributed by atoms with Crippen LogP contribution in [0.15, 0.2) is 24.3 Å². The third-order valence-electron chi connectivity index (χ3n) is 5.47. The third-order valence-corrected chi connectivity index (χ3v) is 5.47. The van der Waals surface area contributed by atoms with E-state index in [1.165, 1.54) is 10.9 Å². The van der Waals surface area contributed by atoms with Crippen LogP contribution in [0.2, 0.25) is 0 Å². The average molecular weight is 366 g/mol. The van der Waals surface area contributed by atoms with Crippen LogP contribution in [-0.2, 0) is 6.42 Å². The molecular weight excluding hydrogens is 340 g/mol. The zero-order valence-electron chi connectivity index (χ0n) is 16.1. The summed E-state index contributed by atoms with van der Waals surface area (Å²) in [6.07, 6.45) is 3.16. The number of aromatic amines is 1. The summed E-state index contributed by atoms with van der Waals surface area (Å²) in [5.74, 6) is 1.94. The number of H-pyrrole nitrogens is 1. The van der Waals surface area contributed by atoms with Crippen molar-refractivity contribution in [2.75, 3.05) is 27.3 Å². The first-order chi connectivity index (χ1) is 13.2. The van der Waals surface area contributed by atoms with Gasteiger partial charge in [-0.05, 0) is 62.2 Å². The summed E-state index contributed by atoms with van der Waals surface area (Å²) in [7, 11) is 3.31. The predicted octanol–water partition coefficient (Wildman–Crippen LogP) is 3.67. The van der Waals surface area contributed by atoms with Crippen LogP contribution in [0.5, 0.6) is 11.5 Å². The summed E-state index contributed by atoms with van der Waals surface area (Å²) in [5.41, 5.74) is 5.35. The molecule has 3 heterocycles. The van der Waals surface area contributed by atoms with Crippen molar-refractivity contribution in [1.82, 2.24) is 20.5 Å². The molecule has 1 aliphatic heterocycles. The Balaban J connectivity index is 1.79. The monoisotopic (exact) mass is 366 g/mol. The molecule has 2 N–H and O–H groups in total. The fourth-order valence-electron chi connectivity index (χ4n) is 3.98. The molecule has 0 amide bonds. The highest BCUT2D eigenvalue weighted by molar-refractivity contribution is 5.88. The number of rotatable bonds is 5. The molecule has 0 aliphatic carbocycles. The summed E-state index contributed by atoms with van der Waals surface area (Å²) in [4.78, 5) is 3.47. The third kappa shape index (κ3) is 3.25. The molecule has 3 aromatic rings. The highest BCUT2D eigenvalue weighted by Gasteiger charge is 2.20. The van der Waals surface area contributed by atoms with E-state index in [0.717, 1.165) is 66.4 Å². The Bertz CT molecular complexity index is 945. The lowest BCUT2D eigenvalue weighted by atomic mass is 9.93. The fourth-order valence-corrected chi connectivity index (χ4v) is 3.98. The van der Waals surface area contributed by atoms with Crippen LogP contribution < -0.4 is 14.8 Å². The van der Waals surface area contributed by atoms with Gasteiger partial charge in [0.05, 0.1) is 25.6 Å². The molecule has 2 aromatic heterocycles. The van der Waals surface area contributed by atoms with Crippen LogP contribution in [-0.4, -0.2) is 42.5 Å². The lowest BCUT2D eigenvalue weighted by Gasteiger charge is -2.21. The van der Waals surface area contributed by atoms with Crippen molar-refractivity contribution >= 4 is 11.0 Å². The van der Waals surface area contributed by atoms with E-state index in [1.807, 2.05) is 18.2 Å². The van der Waals surface area contributed by atoms with Gasteiger partial charge in [0, 0.05) is 16.9 Å². The SMILES string of the molecule is CCc1c(-c2ccc(OC)c(OC)c2)[nH]c2nnc(C3CCNCC3)cc12. The molecule has 6 nitrogen and oxygen atoms in total. The maximum atomic E-state index is 5.47. The van der Waals surface area contributed by atoms with Gasteiger partial charge in [-0.1, -0.05) is 6.92 Å². The molecule has 0 unspecified atom stereocenters. The number of ether oxygens (including phenoxy) is 2. The molecule has 0 atom stereocenters. The van der Waals surface area contributed by atoms with Gasteiger partial charge >= 0.3 is 0 Å². The van der Waals surface area contributed by atoms with Crippen LogP contribution >= 0.6 is 0 Å². The molecule has 0 radical (unpaired) electrons. The van der Waals surface area contributed by atoms with Gasteiger partial charge in [-0.3, -0.25) is 0 Å². The number of methoxy groups -OCH3 is 2.